The van der Waals surface area contributed by atoms with Gasteiger partial charge in [-0.25, -0.2) is 4.98 Å². The Morgan fingerprint density at radius 2 is 2.03 bits per heavy atom. The second kappa shape index (κ2) is 14.8. The molecule has 34 heavy (non-hydrogen) atoms. The third-order valence-corrected chi connectivity index (χ3v) is 5.56. The molecule has 0 saturated carbocycles. The van der Waals surface area contributed by atoms with E-state index in [0.29, 0.717) is 25.9 Å². The van der Waals surface area contributed by atoms with Crippen LogP contribution < -0.4 is 10.6 Å². The van der Waals surface area contributed by atoms with Crippen molar-refractivity contribution in [2.45, 2.75) is 57.4 Å². The van der Waals surface area contributed by atoms with Gasteiger partial charge in [0.05, 0.1) is 12.6 Å². The summed E-state index contributed by atoms with van der Waals surface area (Å²) in [7, 11) is 0.927. The molecule has 0 spiro atoms. The zero-order valence-corrected chi connectivity index (χ0v) is 19.7. The fourth-order valence-corrected chi connectivity index (χ4v) is 3.64. The Balaban J connectivity index is 2.01. The molecule has 9 nitrogen and oxygen atoms in total. The number of hydrogen-bond donors (Lipinski definition) is 3. The number of nitrogens with one attached hydrogen (secondary N) is 2. The fraction of sp³-hybridized carbons (Fsp3) is 0.458. The van der Waals surface area contributed by atoms with Crippen LogP contribution in [0.3, 0.4) is 0 Å². The number of carbonyl (C=O) groups excluding carboxylic acids is 3. The molecule has 10 heteroatoms. The first-order chi connectivity index (χ1) is 16.5. The van der Waals surface area contributed by atoms with Gasteiger partial charge in [-0.05, 0) is 39.0 Å². The number of carbonyl (C=O) groups is 3. The molecule has 181 valence electrons. The molecule has 0 unspecified atom stereocenters. The SMILES string of the molecule is C=C/C=C\C(=C/C)CCC[C@@H]([B]O)NC(=O)[C@@H](CC(=O)N1CCCC1)NC(=O)c1cnccn1. The molecule has 0 aliphatic carbocycles. The maximum Gasteiger partial charge on any atom is 0.311 e. The van der Waals surface area contributed by atoms with Gasteiger partial charge in [-0.15, -0.1) is 0 Å². The van der Waals surface area contributed by atoms with Crippen LogP contribution in [0.1, 0.15) is 55.9 Å². The first kappa shape index (κ1) is 27.0. The van der Waals surface area contributed by atoms with E-state index in [1.807, 2.05) is 25.2 Å². The number of rotatable bonds is 13. The molecule has 2 rings (SSSR count). The Hall–Kier alpha value is -3.27. The van der Waals surface area contributed by atoms with Crippen molar-refractivity contribution in [3.05, 3.63) is 60.7 Å². The zero-order chi connectivity index (χ0) is 24.8. The molecule has 0 bridgehead atoms. The average molecular weight is 466 g/mol. The van der Waals surface area contributed by atoms with Crippen LogP contribution in [-0.2, 0) is 9.59 Å². The van der Waals surface area contributed by atoms with Crippen LogP contribution in [0.5, 0.6) is 0 Å². The lowest BCUT2D eigenvalue weighted by Gasteiger charge is -2.24. The highest BCUT2D eigenvalue weighted by molar-refractivity contribution is 6.28. The number of allylic oxidation sites excluding steroid dienone is 5. The molecule has 2 atom stereocenters. The molecular weight excluding hydrogens is 433 g/mol. The Morgan fingerprint density at radius 3 is 2.65 bits per heavy atom. The molecule has 0 aromatic carbocycles. The molecule has 3 N–H and O–H groups in total. The minimum atomic E-state index is -1.10. The quantitative estimate of drug-likeness (QED) is 0.299. The molecule has 1 aliphatic heterocycles. The van der Waals surface area contributed by atoms with Crippen LogP contribution in [0.4, 0.5) is 0 Å². The summed E-state index contributed by atoms with van der Waals surface area (Å²) >= 11 is 0. The van der Waals surface area contributed by atoms with Crippen molar-refractivity contribution in [3.63, 3.8) is 0 Å². The minimum Gasteiger partial charge on any atom is -0.452 e. The zero-order valence-electron chi connectivity index (χ0n) is 19.7. The monoisotopic (exact) mass is 466 g/mol. The van der Waals surface area contributed by atoms with Gasteiger partial charge in [-0.2, -0.15) is 0 Å². The van der Waals surface area contributed by atoms with E-state index < -0.39 is 23.8 Å². The number of hydrogen-bond acceptors (Lipinski definition) is 6. The highest BCUT2D eigenvalue weighted by Gasteiger charge is 2.29. The first-order valence-corrected chi connectivity index (χ1v) is 11.5. The Labute approximate surface area is 201 Å². The fourth-order valence-electron chi connectivity index (χ4n) is 3.64. The molecule has 1 radical (unpaired) electrons. The maximum atomic E-state index is 13.0. The van der Waals surface area contributed by atoms with E-state index in [0.717, 1.165) is 32.3 Å². The van der Waals surface area contributed by atoms with Crippen molar-refractivity contribution >= 4 is 25.2 Å². The first-order valence-electron chi connectivity index (χ1n) is 11.5. The second-order valence-electron chi connectivity index (χ2n) is 8.02. The minimum absolute atomic E-state index is 0.0469. The van der Waals surface area contributed by atoms with E-state index in [4.69, 9.17) is 0 Å². The van der Waals surface area contributed by atoms with Gasteiger partial charge in [0.25, 0.3) is 5.91 Å². The molecule has 1 saturated heterocycles. The molecule has 1 aromatic heterocycles. The summed E-state index contributed by atoms with van der Waals surface area (Å²) in [5.74, 6) is -1.96. The topological polar surface area (TPSA) is 125 Å². The van der Waals surface area contributed by atoms with Gasteiger partial charge in [-0.3, -0.25) is 19.4 Å². The van der Waals surface area contributed by atoms with E-state index in [1.54, 1.807) is 11.0 Å². The summed E-state index contributed by atoms with van der Waals surface area (Å²) in [5.41, 5.74) is 1.17. The van der Waals surface area contributed by atoms with E-state index in [2.05, 4.69) is 27.2 Å². The van der Waals surface area contributed by atoms with Gasteiger partial charge >= 0.3 is 7.48 Å². The van der Waals surface area contributed by atoms with Gasteiger partial charge in [0.1, 0.15) is 11.7 Å². The molecule has 1 aliphatic rings. The predicted molar refractivity (Wildman–Crippen MR) is 131 cm³/mol. The van der Waals surface area contributed by atoms with Crippen molar-refractivity contribution in [1.29, 1.82) is 0 Å². The lowest BCUT2D eigenvalue weighted by molar-refractivity contribution is -0.134. The molecule has 2 heterocycles. The van der Waals surface area contributed by atoms with Gasteiger partial charge in [0.2, 0.25) is 11.8 Å². The van der Waals surface area contributed by atoms with Crippen LogP contribution in [0.25, 0.3) is 0 Å². The van der Waals surface area contributed by atoms with Crippen LogP contribution in [-0.4, -0.2) is 70.2 Å². The predicted octanol–water partition coefficient (Wildman–Crippen LogP) is 1.50. The summed E-state index contributed by atoms with van der Waals surface area (Å²) in [6.45, 7) is 6.90. The smallest absolute Gasteiger partial charge is 0.311 e. The normalized spacial score (nSPS) is 15.6. The third-order valence-electron chi connectivity index (χ3n) is 5.56. The van der Waals surface area contributed by atoms with Crippen LogP contribution in [0.15, 0.2) is 55.0 Å². The highest BCUT2D eigenvalue weighted by atomic mass is 16.2. The van der Waals surface area contributed by atoms with Crippen LogP contribution in [0, 0.1) is 0 Å². The molecule has 1 fully saturated rings. The summed E-state index contributed by atoms with van der Waals surface area (Å²) in [4.78, 5) is 47.8. The van der Waals surface area contributed by atoms with Gasteiger partial charge in [0.15, 0.2) is 0 Å². The number of amides is 3. The van der Waals surface area contributed by atoms with Crippen molar-refractivity contribution in [3.8, 4) is 0 Å². The summed E-state index contributed by atoms with van der Waals surface area (Å²) in [5, 5.41) is 15.0. The number of aromatic nitrogens is 2. The summed E-state index contributed by atoms with van der Waals surface area (Å²) < 4.78 is 0. The maximum absolute atomic E-state index is 13.0. The van der Waals surface area contributed by atoms with Gasteiger partial charge in [0, 0.05) is 31.4 Å². The third kappa shape index (κ3) is 8.94. The van der Waals surface area contributed by atoms with Crippen LogP contribution >= 0.6 is 0 Å². The largest absolute Gasteiger partial charge is 0.452 e. The van der Waals surface area contributed by atoms with Gasteiger partial charge in [-0.1, -0.05) is 36.5 Å². The summed E-state index contributed by atoms with van der Waals surface area (Å²) in [6.07, 6.45) is 15.3. The number of nitrogens with zero attached hydrogens (tertiary/aromatic N) is 3. The Bertz CT molecular complexity index is 885. The molecular formula is C24H33BN5O4. The lowest BCUT2D eigenvalue weighted by Crippen LogP contribution is -2.53. The molecule has 3 amide bonds. The van der Waals surface area contributed by atoms with E-state index >= 15 is 0 Å². The van der Waals surface area contributed by atoms with Gasteiger partial charge < -0.3 is 20.6 Å². The van der Waals surface area contributed by atoms with E-state index in [9.17, 15) is 19.4 Å². The van der Waals surface area contributed by atoms with Crippen molar-refractivity contribution in [2.24, 2.45) is 0 Å². The number of likely N-dealkylation sites (tertiary alicyclic amines) is 1. The lowest BCUT2D eigenvalue weighted by atomic mass is 9.83. The van der Waals surface area contributed by atoms with Crippen molar-refractivity contribution in [1.82, 2.24) is 25.5 Å². The average Bonchev–Trinajstić information content (AvgIpc) is 3.40. The van der Waals surface area contributed by atoms with Crippen LogP contribution in [0.2, 0.25) is 0 Å². The van der Waals surface area contributed by atoms with E-state index in [1.165, 1.54) is 18.6 Å². The second-order valence-corrected chi connectivity index (χ2v) is 8.02. The highest BCUT2D eigenvalue weighted by Crippen LogP contribution is 2.13. The molecule has 1 aromatic rings. The van der Waals surface area contributed by atoms with E-state index in [-0.39, 0.29) is 18.0 Å². The summed E-state index contributed by atoms with van der Waals surface area (Å²) in [6, 6.07) is -1.10. The Kier molecular flexibility index (Phi) is 11.7. The standard InChI is InChI=1S/C24H33BN5O4/c1-3-5-9-18(4-2)10-8-11-21(25-34)29-23(32)19(16-22(31)30-14-6-7-15-30)28-24(33)20-17-26-12-13-27-20/h3-5,9,12-13,17,19,21,34H,1,6-8,10-11,14-16H2,2H3,(H,28,33)(H,29,32)/b9-5-,18-4+/t19-,21+/m1/s1. The van der Waals surface area contributed by atoms with Crippen molar-refractivity contribution < 1.29 is 19.4 Å². The van der Waals surface area contributed by atoms with Crippen molar-refractivity contribution in [2.75, 3.05) is 13.1 Å². The Morgan fingerprint density at radius 1 is 1.26 bits per heavy atom.